The number of alkyl halides is 2. The fourth-order valence-electron chi connectivity index (χ4n) is 1.09. The third-order valence-electron chi connectivity index (χ3n) is 1.90. The van der Waals surface area contributed by atoms with E-state index in [4.69, 9.17) is 23.2 Å². The molecule has 0 aromatic heterocycles. The van der Waals surface area contributed by atoms with Crippen LogP contribution < -0.4 is 0 Å². The summed E-state index contributed by atoms with van der Waals surface area (Å²) in [7, 11) is 1.56. The zero-order valence-electron chi connectivity index (χ0n) is 5.68. The molecule has 1 aliphatic carbocycles. The summed E-state index contributed by atoms with van der Waals surface area (Å²) in [6, 6.07) is 0. The Morgan fingerprint density at radius 1 is 1.80 bits per heavy atom. The summed E-state index contributed by atoms with van der Waals surface area (Å²) in [6.45, 7) is 2.17. The van der Waals surface area contributed by atoms with Crippen LogP contribution in [0.5, 0.6) is 0 Å². The van der Waals surface area contributed by atoms with E-state index in [0.29, 0.717) is 11.8 Å². The van der Waals surface area contributed by atoms with Crippen molar-refractivity contribution in [3.63, 3.8) is 0 Å². The first-order valence-corrected chi connectivity index (χ1v) is 6.01. The Labute approximate surface area is 80.8 Å². The fourth-order valence-corrected chi connectivity index (χ4v) is 3.02. The topological polar surface area (TPSA) is 0 Å². The molecule has 0 aromatic carbocycles. The number of hydrogen-bond acceptors (Lipinski definition) is 2. The summed E-state index contributed by atoms with van der Waals surface area (Å²) in [5.74, 6) is 2.13. The second-order valence-corrected chi connectivity index (χ2v) is 5.75. The van der Waals surface area contributed by atoms with E-state index in [0.717, 1.165) is 12.2 Å². The van der Waals surface area contributed by atoms with E-state index in [-0.39, 0.29) is 0 Å². The van der Waals surface area contributed by atoms with E-state index < -0.39 is 4.33 Å². The van der Waals surface area contributed by atoms with Gasteiger partial charge in [-0.05, 0) is 18.3 Å². The van der Waals surface area contributed by atoms with Gasteiger partial charge in [0.15, 0.2) is 0 Å². The van der Waals surface area contributed by atoms with Crippen LogP contribution in [0.2, 0.25) is 0 Å². The van der Waals surface area contributed by atoms with Gasteiger partial charge in [0.2, 0.25) is 0 Å². The van der Waals surface area contributed by atoms with Crippen molar-refractivity contribution in [1.29, 1.82) is 0 Å². The van der Waals surface area contributed by atoms with E-state index >= 15 is 0 Å². The Morgan fingerprint density at radius 3 is 2.60 bits per heavy atom. The summed E-state index contributed by atoms with van der Waals surface area (Å²) in [6.07, 6.45) is 0.950. The first-order valence-electron chi connectivity index (χ1n) is 3.22. The molecule has 0 radical (unpaired) electrons. The third-order valence-corrected chi connectivity index (χ3v) is 3.89. The van der Waals surface area contributed by atoms with Gasteiger partial charge in [-0.1, -0.05) is 17.7 Å². The minimum absolute atomic E-state index is 0.414. The molecule has 0 heterocycles. The molecule has 0 unspecified atom stereocenters. The molecule has 0 amide bonds. The molecule has 0 saturated heterocycles. The van der Waals surface area contributed by atoms with Crippen molar-refractivity contribution < 1.29 is 0 Å². The predicted molar refractivity (Wildman–Crippen MR) is 53.2 cm³/mol. The van der Waals surface area contributed by atoms with Crippen LogP contribution in [0.25, 0.3) is 0 Å². The van der Waals surface area contributed by atoms with Crippen LogP contribution in [0.1, 0.15) is 13.3 Å². The lowest BCUT2D eigenvalue weighted by atomic mass is 10.1. The minimum Gasteiger partial charge on any atom is -0.111 e. The lowest BCUT2D eigenvalue weighted by Gasteiger charge is -2.07. The molecular weight excluding hydrogens is 207 g/mol. The maximum absolute atomic E-state index is 5.87. The molecule has 10 heavy (non-hydrogen) atoms. The number of thiol groups is 1. The molecular formula is C6H10Cl2S2. The van der Waals surface area contributed by atoms with Crippen molar-refractivity contribution in [3.05, 3.63) is 0 Å². The highest BCUT2D eigenvalue weighted by molar-refractivity contribution is 8.68. The Hall–Kier alpha value is 1.28. The molecule has 1 fully saturated rings. The highest BCUT2D eigenvalue weighted by Gasteiger charge is 2.53. The molecule has 1 rings (SSSR count). The van der Waals surface area contributed by atoms with Gasteiger partial charge in [-0.3, -0.25) is 0 Å². The average Bonchev–Trinajstić information content (AvgIpc) is 2.41. The van der Waals surface area contributed by atoms with Crippen molar-refractivity contribution >= 4 is 45.7 Å². The van der Waals surface area contributed by atoms with E-state index in [9.17, 15) is 0 Å². The molecule has 4 heteroatoms. The second kappa shape index (κ2) is 3.34. The number of hydrogen-bond donors (Lipinski definition) is 1. The molecule has 0 spiro atoms. The van der Waals surface area contributed by atoms with E-state index in [2.05, 4.69) is 18.6 Å². The maximum atomic E-state index is 5.87. The summed E-state index contributed by atoms with van der Waals surface area (Å²) in [5, 5.41) is 0. The maximum Gasteiger partial charge on any atom is 0.121 e. The third kappa shape index (κ3) is 2.13. The van der Waals surface area contributed by atoms with Crippen LogP contribution in [0.15, 0.2) is 0 Å². The Bertz CT molecular complexity index is 127. The van der Waals surface area contributed by atoms with Crippen LogP contribution in [-0.2, 0) is 0 Å². The lowest BCUT2D eigenvalue weighted by molar-refractivity contribution is 0.569. The van der Waals surface area contributed by atoms with Gasteiger partial charge in [0.05, 0.1) is 0 Å². The smallest absolute Gasteiger partial charge is 0.111 e. The largest absolute Gasteiger partial charge is 0.121 e. The fraction of sp³-hybridized carbons (Fsp3) is 1.00. The standard InChI is InChI=1S/C6H10Cl2S2/c1-4(3-10-9)5-2-6(5,7)8/h4-5,9H,2-3H2,1H3/t4-,5+/m0/s1. The van der Waals surface area contributed by atoms with Gasteiger partial charge in [-0.25, -0.2) is 0 Å². The molecule has 0 N–H and O–H groups in total. The van der Waals surface area contributed by atoms with Crippen molar-refractivity contribution in [3.8, 4) is 0 Å². The molecule has 0 aromatic rings. The summed E-state index contributed by atoms with van der Waals surface area (Å²) < 4.78 is -0.414. The molecule has 0 bridgehead atoms. The van der Waals surface area contributed by atoms with E-state index in [1.807, 2.05) is 0 Å². The number of halogens is 2. The van der Waals surface area contributed by atoms with Gasteiger partial charge in [0.25, 0.3) is 0 Å². The van der Waals surface area contributed by atoms with E-state index in [1.165, 1.54) is 0 Å². The van der Waals surface area contributed by atoms with Crippen LogP contribution in [0, 0.1) is 11.8 Å². The first-order chi connectivity index (χ1) is 4.58. The zero-order chi connectivity index (χ0) is 7.78. The van der Waals surface area contributed by atoms with Gasteiger partial charge in [-0.2, -0.15) is 0 Å². The Kier molecular flexibility index (Phi) is 3.13. The Morgan fingerprint density at radius 2 is 2.30 bits per heavy atom. The van der Waals surface area contributed by atoms with Crippen LogP contribution in [-0.4, -0.2) is 10.1 Å². The van der Waals surface area contributed by atoms with Gasteiger partial charge >= 0.3 is 0 Å². The summed E-state index contributed by atoms with van der Waals surface area (Å²) in [4.78, 5) is 0. The minimum atomic E-state index is -0.414. The van der Waals surface area contributed by atoms with Crippen LogP contribution in [0.3, 0.4) is 0 Å². The quantitative estimate of drug-likeness (QED) is 0.429. The second-order valence-electron chi connectivity index (χ2n) is 2.84. The van der Waals surface area contributed by atoms with Crippen LogP contribution in [0.4, 0.5) is 0 Å². The highest BCUT2D eigenvalue weighted by atomic mass is 35.5. The van der Waals surface area contributed by atoms with Gasteiger partial charge in [0.1, 0.15) is 4.33 Å². The molecule has 1 saturated carbocycles. The average molecular weight is 217 g/mol. The van der Waals surface area contributed by atoms with Crippen LogP contribution >= 0.6 is 45.7 Å². The summed E-state index contributed by atoms with van der Waals surface area (Å²) >= 11 is 15.8. The predicted octanol–water partition coefficient (Wildman–Crippen LogP) is 3.39. The van der Waals surface area contributed by atoms with Crippen molar-refractivity contribution in [2.75, 3.05) is 5.75 Å². The Balaban J connectivity index is 2.25. The lowest BCUT2D eigenvalue weighted by Crippen LogP contribution is -2.04. The molecule has 2 atom stereocenters. The van der Waals surface area contributed by atoms with Gasteiger partial charge in [0, 0.05) is 5.75 Å². The monoisotopic (exact) mass is 216 g/mol. The van der Waals surface area contributed by atoms with Crippen molar-refractivity contribution in [2.24, 2.45) is 11.8 Å². The molecule has 0 nitrogen and oxygen atoms in total. The van der Waals surface area contributed by atoms with Crippen molar-refractivity contribution in [1.82, 2.24) is 0 Å². The SMILES string of the molecule is C[C@@H](CSS)[C@H]1CC1(Cl)Cl. The van der Waals surface area contributed by atoms with Gasteiger partial charge < -0.3 is 0 Å². The van der Waals surface area contributed by atoms with E-state index in [1.54, 1.807) is 10.8 Å². The van der Waals surface area contributed by atoms with Gasteiger partial charge in [-0.15, -0.1) is 34.9 Å². The first kappa shape index (κ1) is 9.37. The highest BCUT2D eigenvalue weighted by Crippen LogP contribution is 2.57. The number of rotatable bonds is 3. The van der Waals surface area contributed by atoms with Crippen molar-refractivity contribution in [2.45, 2.75) is 17.7 Å². The molecule has 0 aliphatic heterocycles. The summed E-state index contributed by atoms with van der Waals surface area (Å²) in [5.41, 5.74) is 0. The zero-order valence-corrected chi connectivity index (χ0v) is 8.90. The normalized spacial score (nSPS) is 31.8. The molecule has 60 valence electrons. The molecule has 1 aliphatic rings.